The third-order valence-electron chi connectivity index (χ3n) is 4.55. The summed E-state index contributed by atoms with van der Waals surface area (Å²) in [5, 5.41) is 7.53. The number of fused-ring (bicyclic) bond motifs is 1. The molecule has 25 heavy (non-hydrogen) atoms. The first kappa shape index (κ1) is 17.4. The average molecular weight is 343 g/mol. The van der Waals surface area contributed by atoms with Gasteiger partial charge in [0.05, 0.1) is 0 Å². The van der Waals surface area contributed by atoms with Crippen LogP contribution in [0.4, 0.5) is 0 Å². The Hall–Kier alpha value is -2.44. The quantitative estimate of drug-likeness (QED) is 0.857. The molecule has 1 atom stereocenters. The third kappa shape index (κ3) is 4.35. The molecule has 3 rings (SSSR count). The fraction of sp³-hybridized carbons (Fsp3) is 0.556. The van der Waals surface area contributed by atoms with Crippen molar-refractivity contribution in [3.05, 3.63) is 46.4 Å². The first-order chi connectivity index (χ1) is 12.2. The van der Waals surface area contributed by atoms with Crippen molar-refractivity contribution in [3.8, 4) is 0 Å². The molecule has 2 aromatic rings. The van der Waals surface area contributed by atoms with Crippen LogP contribution in [0.15, 0.2) is 29.2 Å². The molecule has 1 aliphatic rings. The summed E-state index contributed by atoms with van der Waals surface area (Å²) in [5.74, 6) is 0.877. The molecule has 134 valence electrons. The van der Waals surface area contributed by atoms with Gasteiger partial charge >= 0.3 is 5.69 Å². The smallest absolute Gasteiger partial charge is 0.345 e. The Morgan fingerprint density at radius 1 is 1.36 bits per heavy atom. The molecule has 1 aliphatic heterocycles. The molecule has 2 aromatic heterocycles. The maximum atomic E-state index is 12.3. The highest BCUT2D eigenvalue weighted by atomic mass is 16.2. The predicted octanol–water partition coefficient (Wildman–Crippen LogP) is 1.30. The minimum Gasteiger partial charge on any atom is -0.353 e. The largest absolute Gasteiger partial charge is 0.353 e. The van der Waals surface area contributed by atoms with Crippen molar-refractivity contribution < 1.29 is 4.79 Å². The molecule has 0 spiro atoms. The molecule has 7 heteroatoms. The highest BCUT2D eigenvalue weighted by Gasteiger charge is 2.21. The van der Waals surface area contributed by atoms with Gasteiger partial charge < -0.3 is 5.32 Å². The van der Waals surface area contributed by atoms with E-state index in [9.17, 15) is 9.59 Å². The van der Waals surface area contributed by atoms with Gasteiger partial charge in [-0.25, -0.2) is 9.48 Å². The van der Waals surface area contributed by atoms with Crippen LogP contribution in [0.3, 0.4) is 0 Å². The predicted molar refractivity (Wildman–Crippen MR) is 94.2 cm³/mol. The zero-order valence-corrected chi connectivity index (χ0v) is 14.6. The summed E-state index contributed by atoms with van der Waals surface area (Å²) in [7, 11) is 0. The van der Waals surface area contributed by atoms with E-state index in [0.717, 1.165) is 37.2 Å². The minimum atomic E-state index is -0.0287. The average Bonchev–Trinajstić information content (AvgIpc) is 2.79. The lowest BCUT2D eigenvalue weighted by molar-refractivity contribution is -0.121. The number of aromatic nitrogens is 4. The second-order valence-electron chi connectivity index (χ2n) is 6.49. The maximum absolute atomic E-state index is 12.3. The third-order valence-corrected chi connectivity index (χ3v) is 4.55. The second-order valence-corrected chi connectivity index (χ2v) is 6.49. The lowest BCUT2D eigenvalue weighted by Crippen LogP contribution is -2.36. The van der Waals surface area contributed by atoms with Gasteiger partial charge in [-0.15, -0.1) is 0 Å². The number of aryl methyl sites for hydroxylation is 3. The van der Waals surface area contributed by atoms with Crippen LogP contribution < -0.4 is 11.0 Å². The summed E-state index contributed by atoms with van der Waals surface area (Å²) in [6.07, 6.45) is 6.01. The van der Waals surface area contributed by atoms with Crippen molar-refractivity contribution in [1.82, 2.24) is 24.6 Å². The van der Waals surface area contributed by atoms with Crippen LogP contribution >= 0.6 is 0 Å². The van der Waals surface area contributed by atoms with E-state index >= 15 is 0 Å². The Morgan fingerprint density at radius 3 is 3.00 bits per heavy atom. The molecule has 0 radical (unpaired) electrons. The molecule has 0 saturated carbocycles. The van der Waals surface area contributed by atoms with Gasteiger partial charge in [0.2, 0.25) is 5.91 Å². The van der Waals surface area contributed by atoms with Crippen LogP contribution in [0.25, 0.3) is 0 Å². The summed E-state index contributed by atoms with van der Waals surface area (Å²) in [6.45, 7) is 3.31. The molecular weight excluding hydrogens is 318 g/mol. The van der Waals surface area contributed by atoms with Gasteiger partial charge in [0.15, 0.2) is 0 Å². The van der Waals surface area contributed by atoms with Crippen molar-refractivity contribution in [2.45, 2.75) is 64.6 Å². The summed E-state index contributed by atoms with van der Waals surface area (Å²) in [4.78, 5) is 28.7. The van der Waals surface area contributed by atoms with Gasteiger partial charge in [-0.3, -0.25) is 14.3 Å². The van der Waals surface area contributed by atoms with Crippen molar-refractivity contribution in [1.29, 1.82) is 0 Å². The first-order valence-corrected chi connectivity index (χ1v) is 9.03. The number of pyridine rings is 1. The minimum absolute atomic E-state index is 0.0287. The SMILES string of the molecule is CCCn1nc2n(c1=O)CCC(NC(=O)CCc1ccccn1)CC2. The standard InChI is InChI=1S/C18H25N5O2/c1-2-12-23-18(25)22-13-10-15(6-8-16(22)21-23)20-17(24)9-7-14-5-3-4-11-19-14/h3-5,11,15H,2,6-10,12-13H2,1H3,(H,20,24). The Kier molecular flexibility index (Phi) is 5.63. The molecule has 1 amide bonds. The van der Waals surface area contributed by atoms with Crippen LogP contribution in [0.1, 0.15) is 44.1 Å². The molecule has 0 aliphatic carbocycles. The Balaban J connectivity index is 1.52. The van der Waals surface area contributed by atoms with Crippen LogP contribution in [-0.4, -0.2) is 31.3 Å². The van der Waals surface area contributed by atoms with Gasteiger partial charge in [-0.1, -0.05) is 13.0 Å². The highest BCUT2D eigenvalue weighted by molar-refractivity contribution is 5.76. The molecule has 0 aromatic carbocycles. The number of amides is 1. The molecule has 1 N–H and O–H groups in total. The van der Waals surface area contributed by atoms with Crippen LogP contribution in [-0.2, 0) is 30.7 Å². The van der Waals surface area contributed by atoms with Gasteiger partial charge in [-0.2, -0.15) is 5.10 Å². The number of nitrogens with one attached hydrogen (secondary N) is 1. The molecule has 3 heterocycles. The summed E-state index contributed by atoms with van der Waals surface area (Å²) < 4.78 is 3.32. The Morgan fingerprint density at radius 2 is 2.24 bits per heavy atom. The normalized spacial score (nSPS) is 16.9. The second kappa shape index (κ2) is 8.09. The van der Waals surface area contributed by atoms with E-state index in [-0.39, 0.29) is 17.6 Å². The van der Waals surface area contributed by atoms with Crippen molar-refractivity contribution in [2.24, 2.45) is 0 Å². The molecule has 0 bridgehead atoms. The number of hydrogen-bond donors (Lipinski definition) is 1. The molecule has 0 saturated heterocycles. The lowest BCUT2D eigenvalue weighted by Gasteiger charge is -2.16. The fourth-order valence-corrected chi connectivity index (χ4v) is 3.22. The van der Waals surface area contributed by atoms with Gasteiger partial charge in [-0.05, 0) is 37.8 Å². The number of rotatable bonds is 6. The maximum Gasteiger partial charge on any atom is 0.345 e. The number of nitrogens with zero attached hydrogens (tertiary/aromatic N) is 4. The first-order valence-electron chi connectivity index (χ1n) is 9.03. The lowest BCUT2D eigenvalue weighted by atomic mass is 10.1. The summed E-state index contributed by atoms with van der Waals surface area (Å²) >= 11 is 0. The van der Waals surface area contributed by atoms with Crippen molar-refractivity contribution in [2.75, 3.05) is 0 Å². The van der Waals surface area contributed by atoms with Crippen LogP contribution in [0.5, 0.6) is 0 Å². The van der Waals surface area contributed by atoms with Gasteiger partial charge in [0.25, 0.3) is 0 Å². The van der Waals surface area contributed by atoms with Crippen molar-refractivity contribution >= 4 is 5.91 Å². The number of carbonyl (C=O) groups is 1. The Labute approximate surface area is 147 Å². The van der Waals surface area contributed by atoms with Crippen LogP contribution in [0, 0.1) is 0 Å². The molecule has 7 nitrogen and oxygen atoms in total. The van der Waals surface area contributed by atoms with E-state index in [4.69, 9.17) is 0 Å². The molecular formula is C18H25N5O2. The van der Waals surface area contributed by atoms with Gasteiger partial charge in [0, 0.05) is 43.9 Å². The fourth-order valence-electron chi connectivity index (χ4n) is 3.22. The number of hydrogen-bond acceptors (Lipinski definition) is 4. The summed E-state index contributed by atoms with van der Waals surface area (Å²) in [6, 6.07) is 5.82. The zero-order valence-electron chi connectivity index (χ0n) is 14.6. The monoisotopic (exact) mass is 343 g/mol. The van der Waals surface area contributed by atoms with E-state index < -0.39 is 0 Å². The topological polar surface area (TPSA) is 81.8 Å². The van der Waals surface area contributed by atoms with E-state index in [1.165, 1.54) is 0 Å². The van der Waals surface area contributed by atoms with E-state index in [1.807, 2.05) is 25.1 Å². The van der Waals surface area contributed by atoms with E-state index in [1.54, 1.807) is 15.4 Å². The Bertz CT molecular complexity index is 766. The number of carbonyl (C=O) groups excluding carboxylic acids is 1. The highest BCUT2D eigenvalue weighted by Crippen LogP contribution is 2.12. The molecule has 0 fully saturated rings. The van der Waals surface area contributed by atoms with Crippen LogP contribution in [0.2, 0.25) is 0 Å². The van der Waals surface area contributed by atoms with Crippen molar-refractivity contribution in [3.63, 3.8) is 0 Å². The van der Waals surface area contributed by atoms with E-state index in [0.29, 0.717) is 25.9 Å². The molecule has 1 unspecified atom stereocenters. The van der Waals surface area contributed by atoms with E-state index in [2.05, 4.69) is 15.4 Å². The van der Waals surface area contributed by atoms with Gasteiger partial charge in [0.1, 0.15) is 5.82 Å². The zero-order chi connectivity index (χ0) is 17.6. The summed E-state index contributed by atoms with van der Waals surface area (Å²) in [5.41, 5.74) is 0.897.